The molecule has 8 heteroatoms. The first kappa shape index (κ1) is 20.0. The van der Waals surface area contributed by atoms with Crippen LogP contribution >= 0.6 is 0 Å². The number of hydrogen-bond donors (Lipinski definition) is 1. The van der Waals surface area contributed by atoms with Gasteiger partial charge in [-0.25, -0.2) is 4.98 Å². The molecular formula is C23H26N4O4. The smallest absolute Gasteiger partial charge is 0.234 e. The number of amides is 2. The van der Waals surface area contributed by atoms with Crippen LogP contribution in [0.4, 0.5) is 5.69 Å². The van der Waals surface area contributed by atoms with Gasteiger partial charge in [0.1, 0.15) is 11.4 Å². The van der Waals surface area contributed by atoms with Crippen molar-refractivity contribution < 1.29 is 19.4 Å². The zero-order valence-electron chi connectivity index (χ0n) is 17.6. The first-order valence-corrected chi connectivity index (χ1v) is 10.5. The van der Waals surface area contributed by atoms with E-state index >= 15 is 0 Å². The summed E-state index contributed by atoms with van der Waals surface area (Å²) in [7, 11) is 3.64. The quantitative estimate of drug-likeness (QED) is 0.699. The molecule has 1 spiro atoms. The van der Waals surface area contributed by atoms with Gasteiger partial charge in [-0.15, -0.1) is 0 Å². The summed E-state index contributed by atoms with van der Waals surface area (Å²) >= 11 is 0. The normalized spacial score (nSPS) is 28.4. The van der Waals surface area contributed by atoms with Crippen LogP contribution in [0.5, 0.6) is 0 Å². The Morgan fingerprint density at radius 1 is 1.35 bits per heavy atom. The van der Waals surface area contributed by atoms with Crippen molar-refractivity contribution in [1.82, 2.24) is 14.5 Å². The Kier molecular flexibility index (Phi) is 4.71. The van der Waals surface area contributed by atoms with Crippen LogP contribution < -0.4 is 4.90 Å². The van der Waals surface area contributed by atoms with E-state index in [2.05, 4.69) is 4.98 Å². The molecule has 1 aromatic carbocycles. The molecule has 0 radical (unpaired) electrons. The van der Waals surface area contributed by atoms with Gasteiger partial charge in [0.05, 0.1) is 31.0 Å². The summed E-state index contributed by atoms with van der Waals surface area (Å²) in [6.45, 7) is 0.859. The Bertz CT molecular complexity index is 1050. The molecule has 31 heavy (non-hydrogen) atoms. The summed E-state index contributed by atoms with van der Waals surface area (Å²) in [5, 5.41) is 9.11. The van der Waals surface area contributed by atoms with Crippen LogP contribution in [-0.4, -0.2) is 63.3 Å². The largest absolute Gasteiger partial charge is 0.396 e. The van der Waals surface area contributed by atoms with E-state index in [9.17, 15) is 9.59 Å². The van der Waals surface area contributed by atoms with Gasteiger partial charge in [-0.05, 0) is 24.1 Å². The number of fused-ring (bicyclic) bond motifs is 1. The van der Waals surface area contributed by atoms with Gasteiger partial charge < -0.3 is 24.2 Å². The van der Waals surface area contributed by atoms with E-state index in [0.29, 0.717) is 19.5 Å². The maximum absolute atomic E-state index is 13.5. The number of aliphatic hydroxyl groups excluding tert-OH is 1. The molecule has 4 atom stereocenters. The van der Waals surface area contributed by atoms with Crippen LogP contribution in [0.15, 0.2) is 48.8 Å². The molecule has 8 nitrogen and oxygen atoms in total. The second-order valence-electron chi connectivity index (χ2n) is 8.61. The molecule has 1 aromatic heterocycles. The molecule has 1 N–H and O–H groups in total. The number of ether oxygens (including phenoxy) is 1. The Balaban J connectivity index is 1.38. The number of hydrogen-bond acceptors (Lipinski definition) is 5. The molecule has 5 rings (SSSR count). The Morgan fingerprint density at radius 2 is 2.13 bits per heavy atom. The zero-order chi connectivity index (χ0) is 21.8. The fourth-order valence-corrected chi connectivity index (χ4v) is 5.06. The highest BCUT2D eigenvalue weighted by Gasteiger charge is 2.67. The van der Waals surface area contributed by atoms with Crippen molar-refractivity contribution in [3.63, 3.8) is 0 Å². The predicted molar refractivity (Wildman–Crippen MR) is 113 cm³/mol. The van der Waals surface area contributed by atoms with Crippen molar-refractivity contribution in [1.29, 1.82) is 0 Å². The second kappa shape index (κ2) is 7.32. The van der Waals surface area contributed by atoms with Crippen molar-refractivity contribution in [2.45, 2.75) is 24.7 Å². The minimum absolute atomic E-state index is 0.0782. The molecule has 0 aliphatic carbocycles. The third kappa shape index (κ3) is 3.09. The molecule has 162 valence electrons. The highest BCUT2D eigenvalue weighted by atomic mass is 16.5. The van der Waals surface area contributed by atoms with Gasteiger partial charge in [0.15, 0.2) is 0 Å². The van der Waals surface area contributed by atoms with Gasteiger partial charge in [-0.2, -0.15) is 0 Å². The van der Waals surface area contributed by atoms with E-state index in [1.165, 1.54) is 0 Å². The minimum Gasteiger partial charge on any atom is -0.396 e. The zero-order valence-corrected chi connectivity index (χ0v) is 17.6. The monoisotopic (exact) mass is 422 g/mol. The average molecular weight is 422 g/mol. The van der Waals surface area contributed by atoms with E-state index in [4.69, 9.17) is 9.84 Å². The number of aromatic nitrogens is 2. The van der Waals surface area contributed by atoms with E-state index in [1.54, 1.807) is 23.0 Å². The molecule has 2 fully saturated rings. The van der Waals surface area contributed by atoms with Crippen LogP contribution in [0.25, 0.3) is 0 Å². The van der Waals surface area contributed by atoms with Crippen molar-refractivity contribution in [2.24, 2.45) is 18.9 Å². The highest BCUT2D eigenvalue weighted by Crippen LogP contribution is 2.53. The van der Waals surface area contributed by atoms with Crippen LogP contribution in [0.1, 0.15) is 11.4 Å². The van der Waals surface area contributed by atoms with E-state index in [-0.39, 0.29) is 24.5 Å². The summed E-state index contributed by atoms with van der Waals surface area (Å²) < 4.78 is 8.12. The second-order valence-corrected chi connectivity index (χ2v) is 8.61. The molecule has 2 saturated heterocycles. The fourth-order valence-electron chi connectivity index (χ4n) is 5.06. The maximum atomic E-state index is 13.5. The maximum Gasteiger partial charge on any atom is 0.234 e. The molecule has 2 bridgehead atoms. The minimum atomic E-state index is -0.754. The lowest BCUT2D eigenvalue weighted by Crippen LogP contribution is -2.44. The van der Waals surface area contributed by atoms with Gasteiger partial charge >= 0.3 is 0 Å². The molecule has 2 aromatic rings. The van der Waals surface area contributed by atoms with Gasteiger partial charge in [0, 0.05) is 38.8 Å². The number of nitrogens with zero attached hydrogens (tertiary/aromatic N) is 4. The van der Waals surface area contributed by atoms with Crippen molar-refractivity contribution in [3.8, 4) is 0 Å². The van der Waals surface area contributed by atoms with Crippen LogP contribution in [0, 0.1) is 11.8 Å². The number of benzene rings is 1. The summed E-state index contributed by atoms with van der Waals surface area (Å²) in [5.41, 5.74) is 1.04. The van der Waals surface area contributed by atoms with Crippen LogP contribution in [-0.2, 0) is 34.3 Å². The Morgan fingerprint density at radius 3 is 2.81 bits per heavy atom. The summed E-state index contributed by atoms with van der Waals surface area (Å²) in [4.78, 5) is 34.5. The number of carbonyl (C=O) groups excluding carboxylic acids is 2. The van der Waals surface area contributed by atoms with Gasteiger partial charge in [-0.1, -0.05) is 24.3 Å². The predicted octanol–water partition coefficient (Wildman–Crippen LogP) is 0.900. The van der Waals surface area contributed by atoms with E-state index < -0.39 is 17.4 Å². The molecule has 3 aliphatic heterocycles. The lowest BCUT2D eigenvalue weighted by Gasteiger charge is -2.27. The number of aliphatic hydroxyl groups is 1. The van der Waals surface area contributed by atoms with Gasteiger partial charge in [-0.3, -0.25) is 9.59 Å². The molecule has 2 amide bonds. The molecule has 3 aliphatic rings. The number of carbonyl (C=O) groups is 2. The third-order valence-corrected chi connectivity index (χ3v) is 6.71. The number of anilines is 1. The topological polar surface area (TPSA) is 87.9 Å². The summed E-state index contributed by atoms with van der Waals surface area (Å²) in [6.07, 6.45) is 7.64. The average Bonchev–Trinajstić information content (AvgIpc) is 3.50. The lowest BCUT2D eigenvalue weighted by atomic mass is 9.76. The summed E-state index contributed by atoms with van der Waals surface area (Å²) in [5.74, 6) is -0.465. The Labute approximate surface area is 180 Å². The fraction of sp³-hybridized carbons (Fsp3) is 0.435. The first-order chi connectivity index (χ1) is 14.9. The first-order valence-electron chi connectivity index (χ1n) is 10.5. The van der Waals surface area contributed by atoms with Crippen LogP contribution in [0.2, 0.25) is 0 Å². The SMILES string of the molecule is CN(Cc1nccn1C)C(=O)[C@@H]1[C@@H]2C=C[C@@]3(CN(c4ccc(CCO)cc4)C(=O)[C@@H]13)O2. The van der Waals surface area contributed by atoms with Crippen LogP contribution in [0.3, 0.4) is 0 Å². The molecule has 0 unspecified atom stereocenters. The van der Waals surface area contributed by atoms with E-state index in [0.717, 1.165) is 17.1 Å². The third-order valence-electron chi connectivity index (χ3n) is 6.71. The Hall–Kier alpha value is -2.97. The highest BCUT2D eigenvalue weighted by molar-refractivity contribution is 6.03. The van der Waals surface area contributed by atoms with E-state index in [1.807, 2.05) is 54.2 Å². The molecule has 4 heterocycles. The standard InChI is InChI=1S/C23H26N4O4/c1-25-11-10-24-18(25)13-26(2)21(29)19-17-7-9-23(31-17)14-27(22(30)20(19)23)16-5-3-15(4-6-16)8-12-28/h3-7,9-11,17,19-20,28H,8,12-14H2,1-2H3/t17-,19+,20+,23-/m0/s1. The van der Waals surface area contributed by atoms with Gasteiger partial charge in [0.25, 0.3) is 0 Å². The number of imidazole rings is 1. The number of rotatable bonds is 6. The number of aryl methyl sites for hydroxylation is 1. The van der Waals surface area contributed by atoms with Crippen molar-refractivity contribution in [2.75, 3.05) is 25.1 Å². The van der Waals surface area contributed by atoms with Crippen molar-refractivity contribution >= 4 is 17.5 Å². The lowest BCUT2D eigenvalue weighted by molar-refractivity contribution is -0.139. The van der Waals surface area contributed by atoms with Crippen molar-refractivity contribution in [3.05, 3.63) is 60.2 Å². The van der Waals surface area contributed by atoms with Gasteiger partial charge in [0.2, 0.25) is 11.8 Å². The molecule has 0 saturated carbocycles. The molecular weight excluding hydrogens is 396 g/mol. The summed E-state index contributed by atoms with van der Waals surface area (Å²) in [6, 6.07) is 7.62.